The molecule has 0 amide bonds. The van der Waals surface area contributed by atoms with E-state index in [1.54, 1.807) is 0 Å². The van der Waals surface area contributed by atoms with Gasteiger partial charge >= 0.3 is 5.97 Å². The summed E-state index contributed by atoms with van der Waals surface area (Å²) in [5.41, 5.74) is 1.19. The zero-order chi connectivity index (χ0) is 15.6. The monoisotopic (exact) mass is 309 g/mol. The number of benzene rings is 1. The van der Waals surface area contributed by atoms with Crippen molar-refractivity contribution in [2.75, 3.05) is 0 Å². The molecule has 0 aliphatic heterocycles. The highest BCUT2D eigenvalue weighted by molar-refractivity contribution is 6.89. The quantitative estimate of drug-likeness (QED) is 0.794. The van der Waals surface area contributed by atoms with Crippen LogP contribution in [0.5, 0.6) is 0 Å². The normalized spacial score (nSPS) is 14.1. The number of hydrogen-bond acceptors (Lipinski definition) is 2. The van der Waals surface area contributed by atoms with Crippen LogP contribution in [0, 0.1) is 0 Å². The fourth-order valence-corrected chi connectivity index (χ4v) is 5.39. The first-order chi connectivity index (χ1) is 9.00. The number of aliphatic carboxylic acids is 1. The molecule has 0 saturated heterocycles. The third-order valence-corrected chi connectivity index (χ3v) is 6.47. The van der Waals surface area contributed by atoms with Crippen molar-refractivity contribution in [3.8, 4) is 0 Å². The lowest BCUT2D eigenvalue weighted by molar-refractivity contribution is -0.139. The number of nitrogens with one attached hydrogen (secondary N) is 1. The Morgan fingerprint density at radius 2 is 1.70 bits per heavy atom. The predicted molar refractivity (Wildman–Crippen MR) is 91.0 cm³/mol. The molecule has 0 aliphatic carbocycles. The summed E-state index contributed by atoms with van der Waals surface area (Å²) < 4.78 is 0. The average molecular weight is 310 g/mol. The second-order valence-electron chi connectivity index (χ2n) is 7.40. The molecule has 2 N–H and O–H groups in total. The standard InChI is InChI=1S/C15H27NO2Si2/c1-19(2,3)14-10-8-7-9-12(14)11-13(15(17)18)16-20(4,5)6/h7-10,13,16H,11H2,1-6H3,(H,17,18). The SMILES string of the molecule is C[Si](C)(C)NC(Cc1ccccc1[Si](C)(C)C)C(=O)O. The van der Waals surface area contributed by atoms with Gasteiger partial charge in [-0.25, -0.2) is 0 Å². The lowest BCUT2D eigenvalue weighted by atomic mass is 10.1. The molecule has 0 bridgehead atoms. The van der Waals surface area contributed by atoms with Crippen molar-refractivity contribution in [2.45, 2.75) is 51.7 Å². The molecule has 0 heterocycles. The van der Waals surface area contributed by atoms with E-state index in [1.807, 2.05) is 6.07 Å². The molecular formula is C15H27NO2Si2. The van der Waals surface area contributed by atoms with E-state index in [9.17, 15) is 9.90 Å². The summed E-state index contributed by atoms with van der Waals surface area (Å²) in [5.74, 6) is -0.752. The maximum atomic E-state index is 11.5. The summed E-state index contributed by atoms with van der Waals surface area (Å²) in [6.45, 7) is 13.3. The van der Waals surface area contributed by atoms with Gasteiger partial charge in [-0.2, -0.15) is 0 Å². The third-order valence-electron chi connectivity index (χ3n) is 3.15. The van der Waals surface area contributed by atoms with Gasteiger partial charge in [-0.05, 0) is 12.0 Å². The lowest BCUT2D eigenvalue weighted by Crippen LogP contribution is -2.53. The van der Waals surface area contributed by atoms with Crippen LogP contribution >= 0.6 is 0 Å². The Kier molecular flexibility index (Phi) is 5.35. The average Bonchev–Trinajstić information content (AvgIpc) is 2.25. The van der Waals surface area contributed by atoms with Gasteiger partial charge in [-0.15, -0.1) is 0 Å². The highest BCUT2D eigenvalue weighted by Crippen LogP contribution is 2.11. The Hall–Kier alpha value is -0.916. The summed E-state index contributed by atoms with van der Waals surface area (Å²) in [4.78, 5) is 14.9. The number of carboxylic acids is 1. The largest absolute Gasteiger partial charge is 0.480 e. The van der Waals surface area contributed by atoms with Crippen LogP contribution in [0.4, 0.5) is 0 Å². The first kappa shape index (κ1) is 17.1. The molecule has 5 heteroatoms. The van der Waals surface area contributed by atoms with E-state index >= 15 is 0 Å². The van der Waals surface area contributed by atoms with Crippen molar-refractivity contribution >= 4 is 27.5 Å². The molecule has 0 aliphatic rings. The first-order valence-electron chi connectivity index (χ1n) is 7.09. The minimum absolute atomic E-state index is 0.487. The van der Waals surface area contributed by atoms with E-state index in [0.717, 1.165) is 0 Å². The fraction of sp³-hybridized carbons (Fsp3) is 0.533. The van der Waals surface area contributed by atoms with E-state index in [1.165, 1.54) is 10.8 Å². The second-order valence-corrected chi connectivity index (χ2v) is 17.2. The van der Waals surface area contributed by atoms with Crippen LogP contribution in [0.2, 0.25) is 39.3 Å². The molecule has 0 aromatic heterocycles. The molecular weight excluding hydrogens is 282 g/mol. The van der Waals surface area contributed by atoms with Gasteiger partial charge < -0.3 is 10.1 Å². The minimum Gasteiger partial charge on any atom is -0.480 e. The summed E-state index contributed by atoms with van der Waals surface area (Å²) >= 11 is 0. The molecule has 0 fully saturated rings. The maximum Gasteiger partial charge on any atom is 0.320 e. The summed E-state index contributed by atoms with van der Waals surface area (Å²) in [6.07, 6.45) is 0.569. The van der Waals surface area contributed by atoms with Gasteiger partial charge in [0.2, 0.25) is 0 Å². The molecule has 20 heavy (non-hydrogen) atoms. The number of carbonyl (C=O) groups is 1. The van der Waals surface area contributed by atoms with Gasteiger partial charge in [0.15, 0.2) is 0 Å². The Bertz CT molecular complexity index is 475. The third kappa shape index (κ3) is 5.22. The van der Waals surface area contributed by atoms with Crippen LogP contribution in [0.3, 0.4) is 0 Å². The first-order valence-corrected chi connectivity index (χ1v) is 14.1. The minimum atomic E-state index is -1.62. The maximum absolute atomic E-state index is 11.5. The zero-order valence-electron chi connectivity index (χ0n) is 13.4. The van der Waals surface area contributed by atoms with E-state index in [2.05, 4.69) is 62.5 Å². The lowest BCUT2D eigenvalue weighted by Gasteiger charge is -2.27. The molecule has 0 radical (unpaired) electrons. The van der Waals surface area contributed by atoms with Crippen LogP contribution in [0.25, 0.3) is 0 Å². The molecule has 1 aromatic carbocycles. The zero-order valence-corrected chi connectivity index (χ0v) is 15.4. The highest BCUT2D eigenvalue weighted by Gasteiger charge is 2.27. The van der Waals surface area contributed by atoms with Gasteiger partial charge in [0.1, 0.15) is 14.3 Å². The van der Waals surface area contributed by atoms with Gasteiger partial charge in [-0.3, -0.25) is 4.79 Å². The van der Waals surface area contributed by atoms with Gasteiger partial charge in [-0.1, -0.05) is 68.7 Å². The fourth-order valence-electron chi connectivity index (χ4n) is 2.37. The van der Waals surface area contributed by atoms with Crippen molar-refractivity contribution in [1.29, 1.82) is 0 Å². The van der Waals surface area contributed by atoms with Crippen molar-refractivity contribution in [2.24, 2.45) is 0 Å². The van der Waals surface area contributed by atoms with E-state index in [0.29, 0.717) is 6.42 Å². The number of carboxylic acid groups (broad SMARTS) is 1. The van der Waals surface area contributed by atoms with Crippen LogP contribution < -0.4 is 10.2 Å². The van der Waals surface area contributed by atoms with Crippen molar-refractivity contribution in [3.05, 3.63) is 29.8 Å². The predicted octanol–water partition coefficient (Wildman–Crippen LogP) is 2.65. The van der Waals surface area contributed by atoms with E-state index < -0.39 is 28.3 Å². The van der Waals surface area contributed by atoms with Gasteiger partial charge in [0.05, 0.1) is 8.07 Å². The molecule has 0 spiro atoms. The van der Waals surface area contributed by atoms with Crippen molar-refractivity contribution < 1.29 is 9.90 Å². The summed E-state index contributed by atoms with van der Waals surface area (Å²) in [7, 11) is -3.07. The molecule has 1 aromatic rings. The number of rotatable bonds is 6. The van der Waals surface area contributed by atoms with Crippen molar-refractivity contribution in [3.63, 3.8) is 0 Å². The van der Waals surface area contributed by atoms with E-state index in [4.69, 9.17) is 0 Å². The molecule has 1 unspecified atom stereocenters. The van der Waals surface area contributed by atoms with Crippen LogP contribution in [0.1, 0.15) is 5.56 Å². The summed E-state index contributed by atoms with van der Waals surface area (Å²) in [6, 6.07) is 7.81. The van der Waals surface area contributed by atoms with E-state index in [-0.39, 0.29) is 0 Å². The van der Waals surface area contributed by atoms with Crippen LogP contribution in [-0.2, 0) is 11.2 Å². The van der Waals surface area contributed by atoms with Crippen LogP contribution in [0.15, 0.2) is 24.3 Å². The Morgan fingerprint density at radius 1 is 1.15 bits per heavy atom. The van der Waals surface area contributed by atoms with Gasteiger partial charge in [0, 0.05) is 0 Å². The second kappa shape index (κ2) is 6.24. The smallest absolute Gasteiger partial charge is 0.320 e. The molecule has 112 valence electrons. The highest BCUT2D eigenvalue weighted by atomic mass is 28.3. The van der Waals surface area contributed by atoms with Gasteiger partial charge in [0.25, 0.3) is 0 Å². The Balaban J connectivity index is 3.04. The molecule has 1 atom stereocenters. The topological polar surface area (TPSA) is 49.3 Å². The molecule has 1 rings (SSSR count). The Morgan fingerprint density at radius 3 is 2.15 bits per heavy atom. The van der Waals surface area contributed by atoms with Crippen molar-refractivity contribution in [1.82, 2.24) is 4.98 Å². The molecule has 0 saturated carbocycles. The number of hydrogen-bond donors (Lipinski definition) is 2. The summed E-state index contributed by atoms with van der Waals surface area (Å²) in [5, 5.41) is 10.8. The molecule has 3 nitrogen and oxygen atoms in total. The Labute approximate surface area is 124 Å². The van der Waals surface area contributed by atoms with Crippen LogP contribution in [-0.4, -0.2) is 33.4 Å².